The van der Waals surface area contributed by atoms with Crippen LogP contribution >= 0.6 is 0 Å². The van der Waals surface area contributed by atoms with Crippen LogP contribution in [0.4, 0.5) is 0 Å². The van der Waals surface area contributed by atoms with Crippen molar-refractivity contribution < 1.29 is 28.7 Å². The number of pyridine rings is 1. The first-order chi connectivity index (χ1) is 19.5. The number of morpholine rings is 1. The molecule has 2 aliphatic heterocycles. The molecule has 0 bridgehead atoms. The van der Waals surface area contributed by atoms with E-state index in [0.29, 0.717) is 44.9 Å². The van der Waals surface area contributed by atoms with Crippen LogP contribution in [0.3, 0.4) is 0 Å². The lowest BCUT2D eigenvalue weighted by Crippen LogP contribution is -2.57. The zero-order valence-corrected chi connectivity index (χ0v) is 24.1. The Morgan fingerprint density at radius 3 is 2.37 bits per heavy atom. The minimum atomic E-state index is -1.06. The van der Waals surface area contributed by atoms with Crippen LogP contribution in [0, 0.1) is 0 Å². The highest BCUT2D eigenvalue weighted by Crippen LogP contribution is 2.31. The van der Waals surface area contributed by atoms with Crippen molar-refractivity contribution in [1.82, 2.24) is 25.4 Å². The predicted octanol–water partition coefficient (Wildman–Crippen LogP) is -0.407. The van der Waals surface area contributed by atoms with E-state index in [1.54, 1.807) is 33.2 Å². The van der Waals surface area contributed by atoms with Crippen molar-refractivity contribution >= 4 is 23.5 Å². The van der Waals surface area contributed by atoms with Crippen molar-refractivity contribution in [2.45, 2.75) is 69.7 Å². The zero-order chi connectivity index (χ0) is 29.6. The molecule has 41 heavy (non-hydrogen) atoms. The minimum absolute atomic E-state index is 0.0809. The SMILES string of the molecule is C[C@H](NC(=O)CN1CCOCC1)C(=O)N[C@@H](Cc1ccc(=O)n(C)c1)C(=O)N[C@@H](CC1=CCCC1)C(=O)[C@]1(C)CO1. The molecule has 1 aromatic heterocycles. The standard InChI is InChI=1S/C29H41N5O7/c1-19(30-24(35)17-34-10-12-40-13-11-34)27(38)32-23(15-21-8-9-25(36)33(3)16-21)28(39)31-22(14-20-6-4-5-7-20)26(37)29(2)18-41-29/h6,8-9,16,19,22-23H,4-5,7,10-15,17-18H2,1-3H3,(H,30,35)(H,31,39)(H,32,38)/t19-,22-,23-,29-/m0/s1. The Kier molecular flexibility index (Phi) is 10.1. The molecule has 12 heteroatoms. The summed E-state index contributed by atoms with van der Waals surface area (Å²) in [6.45, 7) is 6.09. The van der Waals surface area contributed by atoms with Gasteiger partial charge in [0.15, 0.2) is 5.78 Å². The van der Waals surface area contributed by atoms with Crippen LogP contribution in [-0.4, -0.2) is 96.2 Å². The molecule has 0 spiro atoms. The molecule has 0 radical (unpaired) electrons. The van der Waals surface area contributed by atoms with E-state index in [-0.39, 0.29) is 30.2 Å². The first-order valence-electron chi connectivity index (χ1n) is 14.3. The number of Topliss-reactive ketones (excluding diaryl/α,β-unsaturated/α-hetero) is 1. The number of nitrogens with zero attached hydrogens (tertiary/aromatic N) is 2. The number of carbonyl (C=O) groups is 4. The predicted molar refractivity (Wildman–Crippen MR) is 150 cm³/mol. The molecule has 3 amide bonds. The Hall–Kier alpha value is -3.35. The molecule has 1 aromatic rings. The van der Waals surface area contributed by atoms with Crippen molar-refractivity contribution in [3.8, 4) is 0 Å². The fourth-order valence-corrected chi connectivity index (χ4v) is 5.11. The molecule has 2 fully saturated rings. The fraction of sp³-hybridized carbons (Fsp3) is 0.621. The molecule has 3 aliphatic rings. The number of aromatic nitrogens is 1. The number of ketones is 1. The van der Waals surface area contributed by atoms with Gasteiger partial charge < -0.3 is 30.0 Å². The van der Waals surface area contributed by atoms with Crippen LogP contribution in [-0.2, 0) is 42.1 Å². The van der Waals surface area contributed by atoms with Crippen molar-refractivity contribution in [1.29, 1.82) is 0 Å². The molecule has 4 rings (SSSR count). The van der Waals surface area contributed by atoms with Gasteiger partial charge in [-0.2, -0.15) is 0 Å². The number of hydrogen-bond donors (Lipinski definition) is 3. The van der Waals surface area contributed by atoms with Crippen LogP contribution < -0.4 is 21.5 Å². The van der Waals surface area contributed by atoms with Gasteiger partial charge in [0.05, 0.1) is 32.4 Å². The van der Waals surface area contributed by atoms with Crippen LogP contribution in [0.5, 0.6) is 0 Å². The summed E-state index contributed by atoms with van der Waals surface area (Å²) >= 11 is 0. The number of carbonyl (C=O) groups excluding carboxylic acids is 4. The van der Waals surface area contributed by atoms with E-state index >= 15 is 0 Å². The van der Waals surface area contributed by atoms with Crippen molar-refractivity contribution in [2.75, 3.05) is 39.5 Å². The number of allylic oxidation sites excluding steroid dienone is 1. The number of hydrogen-bond acceptors (Lipinski definition) is 8. The van der Waals surface area contributed by atoms with Crippen molar-refractivity contribution in [3.05, 3.63) is 45.9 Å². The second-order valence-corrected chi connectivity index (χ2v) is 11.3. The maximum absolute atomic E-state index is 13.7. The third-order valence-corrected chi connectivity index (χ3v) is 7.79. The molecule has 3 N–H and O–H groups in total. The maximum Gasteiger partial charge on any atom is 0.250 e. The molecule has 0 saturated carbocycles. The normalized spacial score (nSPS) is 22.7. The second kappa shape index (κ2) is 13.5. The number of epoxide rings is 1. The quantitative estimate of drug-likeness (QED) is 0.214. The summed E-state index contributed by atoms with van der Waals surface area (Å²) in [4.78, 5) is 66.5. The summed E-state index contributed by atoms with van der Waals surface area (Å²) in [6.07, 6.45) is 7.00. The summed E-state index contributed by atoms with van der Waals surface area (Å²) in [5.41, 5.74) is 0.634. The first kappa shape index (κ1) is 30.6. The van der Waals surface area contributed by atoms with Crippen molar-refractivity contribution in [3.63, 3.8) is 0 Å². The second-order valence-electron chi connectivity index (χ2n) is 11.3. The van der Waals surface area contributed by atoms with Gasteiger partial charge in [-0.05, 0) is 45.1 Å². The highest BCUT2D eigenvalue weighted by molar-refractivity contribution is 5.98. The Balaban J connectivity index is 1.46. The van der Waals surface area contributed by atoms with E-state index in [4.69, 9.17) is 9.47 Å². The van der Waals surface area contributed by atoms with Crippen molar-refractivity contribution in [2.24, 2.45) is 7.05 Å². The van der Waals surface area contributed by atoms with Gasteiger partial charge in [-0.25, -0.2) is 0 Å². The lowest BCUT2D eigenvalue weighted by Gasteiger charge is -2.27. The summed E-state index contributed by atoms with van der Waals surface area (Å²) in [5.74, 6) is -1.57. The van der Waals surface area contributed by atoms with Gasteiger partial charge in [-0.15, -0.1) is 0 Å². The van der Waals surface area contributed by atoms with Gasteiger partial charge in [0.25, 0.3) is 0 Å². The van der Waals surface area contributed by atoms with E-state index < -0.39 is 35.5 Å². The third kappa shape index (κ3) is 8.57. The molecular weight excluding hydrogens is 530 g/mol. The topological polar surface area (TPSA) is 151 Å². The number of rotatable bonds is 13. The highest BCUT2D eigenvalue weighted by atomic mass is 16.6. The molecule has 2 saturated heterocycles. The molecule has 0 unspecified atom stereocenters. The van der Waals surface area contributed by atoms with Gasteiger partial charge in [0.1, 0.15) is 17.7 Å². The molecule has 0 aromatic carbocycles. The number of aryl methyl sites for hydroxylation is 1. The summed E-state index contributed by atoms with van der Waals surface area (Å²) in [5, 5.41) is 8.33. The lowest BCUT2D eigenvalue weighted by atomic mass is 9.94. The zero-order valence-electron chi connectivity index (χ0n) is 24.1. The monoisotopic (exact) mass is 571 g/mol. The summed E-state index contributed by atoms with van der Waals surface area (Å²) in [7, 11) is 1.60. The molecule has 3 heterocycles. The molecule has 12 nitrogen and oxygen atoms in total. The van der Waals surface area contributed by atoms with Crippen LogP contribution in [0.2, 0.25) is 0 Å². The first-order valence-corrected chi connectivity index (χ1v) is 14.3. The Labute approximate surface area is 239 Å². The van der Waals surface area contributed by atoms with E-state index in [1.165, 1.54) is 10.6 Å². The van der Waals surface area contributed by atoms with Gasteiger partial charge in [-0.1, -0.05) is 17.7 Å². The van der Waals surface area contributed by atoms with E-state index in [9.17, 15) is 24.0 Å². The molecular formula is C29H41N5O7. The fourth-order valence-electron chi connectivity index (χ4n) is 5.11. The van der Waals surface area contributed by atoms with Gasteiger partial charge in [0, 0.05) is 38.8 Å². The highest BCUT2D eigenvalue weighted by Gasteiger charge is 2.50. The molecule has 4 atom stereocenters. The smallest absolute Gasteiger partial charge is 0.250 e. The molecule has 224 valence electrons. The average Bonchev–Trinajstić information content (AvgIpc) is 3.48. The van der Waals surface area contributed by atoms with Gasteiger partial charge in [0.2, 0.25) is 23.3 Å². The average molecular weight is 572 g/mol. The van der Waals surface area contributed by atoms with E-state index in [0.717, 1.165) is 24.8 Å². The minimum Gasteiger partial charge on any atom is -0.379 e. The van der Waals surface area contributed by atoms with Crippen LogP contribution in [0.25, 0.3) is 0 Å². The Bertz CT molecular complexity index is 1230. The maximum atomic E-state index is 13.7. The largest absolute Gasteiger partial charge is 0.379 e. The van der Waals surface area contributed by atoms with E-state index in [2.05, 4.69) is 22.0 Å². The van der Waals surface area contributed by atoms with Gasteiger partial charge >= 0.3 is 0 Å². The number of amides is 3. The van der Waals surface area contributed by atoms with Crippen LogP contribution in [0.15, 0.2) is 34.8 Å². The summed E-state index contributed by atoms with van der Waals surface area (Å²) < 4.78 is 12.1. The third-order valence-electron chi connectivity index (χ3n) is 7.79. The number of ether oxygens (including phenoxy) is 2. The summed E-state index contributed by atoms with van der Waals surface area (Å²) in [6, 6.07) is 0.237. The number of nitrogens with one attached hydrogen (secondary N) is 3. The molecule has 1 aliphatic carbocycles. The van der Waals surface area contributed by atoms with Crippen LogP contribution in [0.1, 0.15) is 45.1 Å². The van der Waals surface area contributed by atoms with E-state index in [1.807, 2.05) is 4.90 Å². The Morgan fingerprint density at radius 1 is 1.02 bits per heavy atom. The Morgan fingerprint density at radius 2 is 1.73 bits per heavy atom. The van der Waals surface area contributed by atoms with Gasteiger partial charge in [-0.3, -0.25) is 28.9 Å². The lowest BCUT2D eigenvalue weighted by molar-refractivity contribution is -0.134.